The number of carboxylic acid groups (broad SMARTS) is 2. The smallest absolute Gasteiger partial charge is 0.364 e. The first-order valence-corrected chi connectivity index (χ1v) is 15.5. The van der Waals surface area contributed by atoms with Gasteiger partial charge in [-0.25, -0.2) is 9.97 Å². The highest BCUT2D eigenvalue weighted by Crippen LogP contribution is 2.34. The Labute approximate surface area is 304 Å². The second-order valence-electron chi connectivity index (χ2n) is 9.26. The van der Waals surface area contributed by atoms with Gasteiger partial charge in [0.15, 0.2) is 11.4 Å². The van der Waals surface area contributed by atoms with Crippen LogP contribution < -0.4 is 43.1 Å². The molecule has 50 heavy (non-hydrogen) atoms. The summed E-state index contributed by atoms with van der Waals surface area (Å²) < 4.78 is 18.9. The Balaban J connectivity index is 0.000000236. The van der Waals surface area contributed by atoms with E-state index < -0.39 is 24.8 Å². The highest BCUT2D eigenvalue weighted by atomic mass is 35.5. The summed E-state index contributed by atoms with van der Waals surface area (Å²) in [5.74, 6) is -1.88. The van der Waals surface area contributed by atoms with Crippen LogP contribution in [0.2, 0.25) is 20.1 Å². The fourth-order valence-electron chi connectivity index (χ4n) is 3.32. The summed E-state index contributed by atoms with van der Waals surface area (Å²) >= 11 is 23.9. The predicted octanol–water partition coefficient (Wildman–Crippen LogP) is 0.106. The number of aromatic nitrogens is 6. The van der Waals surface area contributed by atoms with Gasteiger partial charge in [0, 0.05) is 33.3 Å². The molecule has 2 saturated heterocycles. The summed E-state index contributed by atoms with van der Waals surface area (Å²) in [6.45, 7) is 4.11. The number of aliphatic carboxylic acids is 2. The fourth-order valence-corrected chi connectivity index (χ4v) is 4.10. The van der Waals surface area contributed by atoms with Crippen LogP contribution in [0, 0.1) is 0 Å². The van der Waals surface area contributed by atoms with Gasteiger partial charge in [0.05, 0.1) is 46.5 Å². The molecule has 0 saturated carbocycles. The number of anilines is 4. The molecule has 2 aliphatic rings. The molecule has 0 amide bonds. The molecule has 10 N–H and O–H groups in total. The molecule has 2 aliphatic heterocycles. The van der Waals surface area contributed by atoms with Crippen LogP contribution in [0.5, 0.6) is 0 Å². The first-order valence-electron chi connectivity index (χ1n) is 14.0. The molecule has 2 fully saturated rings. The van der Waals surface area contributed by atoms with E-state index in [1.165, 1.54) is 0 Å². The molecule has 0 bridgehead atoms. The number of halogens is 4. The third kappa shape index (κ3) is 15.0. The van der Waals surface area contributed by atoms with E-state index in [0.29, 0.717) is 56.2 Å². The molecule has 18 nitrogen and oxygen atoms in total. The SMILES string of the molecule is C1COCO1.C1COCO1.Nc1nnc(-c2cccc(Cl)c2Cl)c(N)[nH+]1.Nc1nnc(-c2cccc(Cl)c2Cl)c(N)[nH+]1.O=C([O-])CCC(=O)[O-]. The van der Waals surface area contributed by atoms with Crippen molar-refractivity contribution in [3.63, 3.8) is 0 Å². The number of hydrogen-bond donors (Lipinski definition) is 4. The van der Waals surface area contributed by atoms with Crippen molar-refractivity contribution in [2.75, 3.05) is 62.9 Å². The average Bonchev–Trinajstić information content (AvgIpc) is 3.85. The lowest BCUT2D eigenvalue weighted by Crippen LogP contribution is -2.27. The molecular weight excluding hydrogens is 746 g/mol. The van der Waals surface area contributed by atoms with Crippen molar-refractivity contribution in [3.05, 3.63) is 56.5 Å². The summed E-state index contributed by atoms with van der Waals surface area (Å²) in [5, 5.41) is 35.7. The number of aromatic amines is 2. The lowest BCUT2D eigenvalue weighted by molar-refractivity contribution is -0.347. The topological polar surface area (TPSA) is 301 Å². The second-order valence-corrected chi connectivity index (χ2v) is 10.8. The molecule has 0 unspecified atom stereocenters. The Morgan fingerprint density at radius 3 is 1.22 bits per heavy atom. The number of carboxylic acids is 2. The lowest BCUT2D eigenvalue weighted by Gasteiger charge is -2.04. The zero-order valence-electron chi connectivity index (χ0n) is 26.0. The second kappa shape index (κ2) is 22.3. The molecule has 2 aromatic heterocycles. The van der Waals surface area contributed by atoms with Crippen LogP contribution in [0.25, 0.3) is 22.5 Å². The minimum atomic E-state index is -1.37. The highest BCUT2D eigenvalue weighted by molar-refractivity contribution is 6.44. The maximum atomic E-state index is 9.50. The van der Waals surface area contributed by atoms with Crippen LogP contribution in [0.15, 0.2) is 36.4 Å². The van der Waals surface area contributed by atoms with Crippen LogP contribution in [0.1, 0.15) is 12.8 Å². The van der Waals surface area contributed by atoms with Gasteiger partial charge in [-0.3, -0.25) is 0 Å². The molecular formula is C28H32Cl4N10O8. The van der Waals surface area contributed by atoms with Gasteiger partial charge in [-0.15, -0.1) is 0 Å². The van der Waals surface area contributed by atoms with Crippen molar-refractivity contribution in [2.45, 2.75) is 12.8 Å². The van der Waals surface area contributed by atoms with Crippen LogP contribution in [-0.4, -0.2) is 72.3 Å². The molecule has 4 heterocycles. The molecule has 22 heteroatoms. The van der Waals surface area contributed by atoms with Crippen LogP contribution >= 0.6 is 46.4 Å². The Bertz CT molecular complexity index is 1560. The largest absolute Gasteiger partial charge is 0.550 e. The van der Waals surface area contributed by atoms with Gasteiger partial charge in [0.25, 0.3) is 0 Å². The number of carbonyl (C=O) groups is 2. The van der Waals surface area contributed by atoms with Gasteiger partial charge in [-0.1, -0.05) is 80.9 Å². The van der Waals surface area contributed by atoms with E-state index in [4.69, 9.17) is 88.3 Å². The number of H-pyrrole nitrogens is 2. The van der Waals surface area contributed by atoms with E-state index in [1.54, 1.807) is 36.4 Å². The van der Waals surface area contributed by atoms with Crippen LogP contribution in [-0.2, 0) is 28.5 Å². The van der Waals surface area contributed by atoms with E-state index >= 15 is 0 Å². The highest BCUT2D eigenvalue weighted by Gasteiger charge is 2.16. The number of nitrogen functional groups attached to an aromatic ring is 4. The first-order chi connectivity index (χ1) is 23.8. The van der Waals surface area contributed by atoms with Crippen LogP contribution in [0.3, 0.4) is 0 Å². The Morgan fingerprint density at radius 1 is 0.620 bits per heavy atom. The summed E-state index contributed by atoms with van der Waals surface area (Å²) in [4.78, 5) is 24.3. The normalized spacial score (nSPS) is 12.8. The van der Waals surface area contributed by atoms with Crippen LogP contribution in [0.4, 0.5) is 23.5 Å². The number of rotatable bonds is 5. The maximum Gasteiger partial charge on any atom is 0.364 e. The number of nitrogens with zero attached hydrogens (tertiary/aromatic N) is 4. The van der Waals surface area contributed by atoms with Gasteiger partial charge in [0.1, 0.15) is 13.6 Å². The Hall–Kier alpha value is -4.40. The number of hydrogen-bond acceptors (Lipinski definition) is 16. The standard InChI is InChI=1S/2C9H7Cl2N5.C4H6O4.2C3H6O2/c2*10-5-3-1-2-4(6(5)11)7-8(12)14-9(13)16-15-7;5-3(6)1-2-4(7)8;2*1-2-5-3-4-1/h2*1-3H,(H4,12,13,14,16);1-2H2,(H,5,6)(H,7,8);2*1-3H2. The number of nitrogens with two attached hydrogens (primary N) is 4. The minimum absolute atomic E-state index is 0.138. The van der Waals surface area contributed by atoms with Crippen molar-refractivity contribution in [1.29, 1.82) is 0 Å². The summed E-state index contributed by atoms with van der Waals surface area (Å²) in [7, 11) is 0. The van der Waals surface area contributed by atoms with Gasteiger partial charge >= 0.3 is 11.9 Å². The molecule has 270 valence electrons. The maximum absolute atomic E-state index is 9.50. The van der Waals surface area contributed by atoms with E-state index in [0.717, 1.165) is 26.4 Å². The molecule has 0 aliphatic carbocycles. The van der Waals surface area contributed by atoms with E-state index in [-0.39, 0.29) is 23.5 Å². The van der Waals surface area contributed by atoms with Crippen molar-refractivity contribution in [2.24, 2.45) is 0 Å². The van der Waals surface area contributed by atoms with Gasteiger partial charge < -0.3 is 61.7 Å². The summed E-state index contributed by atoms with van der Waals surface area (Å²) in [6, 6.07) is 10.4. The Kier molecular flexibility index (Phi) is 18.7. The van der Waals surface area contributed by atoms with Gasteiger partial charge in [-0.2, -0.15) is 0 Å². The monoisotopic (exact) mass is 776 g/mol. The zero-order chi connectivity index (χ0) is 37.1. The average molecular weight is 778 g/mol. The van der Waals surface area contributed by atoms with E-state index in [1.807, 2.05) is 0 Å². The molecule has 0 radical (unpaired) electrons. The van der Waals surface area contributed by atoms with Crippen molar-refractivity contribution in [3.8, 4) is 22.5 Å². The number of ether oxygens (including phenoxy) is 4. The minimum Gasteiger partial charge on any atom is -0.550 e. The molecule has 0 spiro atoms. The number of benzene rings is 2. The van der Waals surface area contributed by atoms with Crippen molar-refractivity contribution < 1.29 is 48.7 Å². The molecule has 0 atom stereocenters. The third-order valence-corrected chi connectivity index (χ3v) is 7.21. The van der Waals surface area contributed by atoms with Crippen molar-refractivity contribution in [1.82, 2.24) is 20.4 Å². The van der Waals surface area contributed by atoms with Gasteiger partial charge in [0.2, 0.25) is 11.6 Å². The number of carbonyl (C=O) groups excluding carboxylic acids is 2. The van der Waals surface area contributed by atoms with Gasteiger partial charge in [-0.05, 0) is 25.0 Å². The lowest BCUT2D eigenvalue weighted by atomic mass is 10.1. The van der Waals surface area contributed by atoms with Crippen molar-refractivity contribution >= 4 is 81.9 Å². The molecule has 4 aromatic rings. The number of nitrogens with one attached hydrogen (secondary N) is 2. The third-order valence-electron chi connectivity index (χ3n) is 5.58. The quantitative estimate of drug-likeness (QED) is 0.209. The first kappa shape index (κ1) is 41.8. The summed E-state index contributed by atoms with van der Waals surface area (Å²) in [5.41, 5.74) is 24.3. The zero-order valence-corrected chi connectivity index (χ0v) is 29.0. The molecule has 6 rings (SSSR count). The predicted molar refractivity (Wildman–Crippen MR) is 179 cm³/mol. The fraction of sp³-hybridized carbons (Fsp3) is 0.286. The van der Waals surface area contributed by atoms with E-state index in [9.17, 15) is 19.8 Å². The Morgan fingerprint density at radius 2 is 0.960 bits per heavy atom. The summed E-state index contributed by atoms with van der Waals surface area (Å²) in [6.07, 6.45) is -0.940. The molecule has 2 aromatic carbocycles. The van der Waals surface area contributed by atoms with E-state index in [2.05, 4.69) is 30.4 Å².